The van der Waals surface area contributed by atoms with Crippen LogP contribution in [0, 0.1) is 5.41 Å². The second kappa shape index (κ2) is 5.22. The van der Waals surface area contributed by atoms with E-state index >= 15 is 0 Å². The number of halogens is 2. The van der Waals surface area contributed by atoms with Crippen LogP contribution in [0.1, 0.15) is 43.5 Å². The van der Waals surface area contributed by atoms with Crippen molar-refractivity contribution in [3.8, 4) is 0 Å². The van der Waals surface area contributed by atoms with Gasteiger partial charge in [0.05, 0.1) is 15.7 Å². The van der Waals surface area contributed by atoms with Gasteiger partial charge in [-0.2, -0.15) is 0 Å². The molecule has 0 spiro atoms. The van der Waals surface area contributed by atoms with E-state index in [2.05, 4.69) is 19.2 Å². The lowest BCUT2D eigenvalue weighted by molar-refractivity contribution is 0.0936. The SMILES string of the molecule is CC1(C)CCC(NC(=O)c2cc(Cl)c(N)c(Cl)c2)C1. The molecule has 3 N–H and O–H groups in total. The Kier molecular flexibility index (Phi) is 3.98. The normalized spacial score (nSPS) is 21.4. The average Bonchev–Trinajstić information content (AvgIpc) is 2.64. The topological polar surface area (TPSA) is 55.1 Å². The van der Waals surface area contributed by atoms with Crippen LogP contribution in [0.3, 0.4) is 0 Å². The molecule has 1 aromatic rings. The first-order chi connectivity index (χ1) is 8.78. The summed E-state index contributed by atoms with van der Waals surface area (Å²) in [6.45, 7) is 4.44. The lowest BCUT2D eigenvalue weighted by Crippen LogP contribution is -2.33. The van der Waals surface area contributed by atoms with Gasteiger partial charge in [-0.25, -0.2) is 0 Å². The minimum absolute atomic E-state index is 0.147. The number of benzene rings is 1. The molecule has 1 aromatic carbocycles. The molecule has 1 fully saturated rings. The fraction of sp³-hybridized carbons (Fsp3) is 0.500. The third-order valence-corrected chi connectivity index (χ3v) is 4.27. The number of hydrogen-bond donors (Lipinski definition) is 2. The van der Waals surface area contributed by atoms with Gasteiger partial charge >= 0.3 is 0 Å². The quantitative estimate of drug-likeness (QED) is 0.814. The number of anilines is 1. The molecule has 19 heavy (non-hydrogen) atoms. The van der Waals surface area contributed by atoms with E-state index in [1.54, 1.807) is 12.1 Å². The van der Waals surface area contributed by atoms with E-state index < -0.39 is 0 Å². The minimum atomic E-state index is -0.147. The number of rotatable bonds is 2. The first kappa shape index (κ1) is 14.5. The van der Waals surface area contributed by atoms with E-state index in [0.717, 1.165) is 19.3 Å². The van der Waals surface area contributed by atoms with Crippen molar-refractivity contribution in [2.45, 2.75) is 39.2 Å². The number of hydrogen-bond acceptors (Lipinski definition) is 2. The van der Waals surface area contributed by atoms with Gasteiger partial charge in [0.25, 0.3) is 5.91 Å². The molecule has 0 saturated heterocycles. The fourth-order valence-electron chi connectivity index (χ4n) is 2.54. The molecule has 1 saturated carbocycles. The van der Waals surface area contributed by atoms with Crippen LogP contribution >= 0.6 is 23.2 Å². The fourth-order valence-corrected chi connectivity index (χ4v) is 3.03. The molecule has 104 valence electrons. The average molecular weight is 301 g/mol. The van der Waals surface area contributed by atoms with Crippen LogP contribution in [0.15, 0.2) is 12.1 Å². The van der Waals surface area contributed by atoms with E-state index in [1.807, 2.05) is 0 Å². The maximum Gasteiger partial charge on any atom is 0.251 e. The molecule has 5 heteroatoms. The van der Waals surface area contributed by atoms with Crippen LogP contribution in [0.4, 0.5) is 5.69 Å². The molecule has 1 amide bonds. The number of nitrogens with one attached hydrogen (secondary N) is 1. The summed E-state index contributed by atoms with van der Waals surface area (Å²) in [4.78, 5) is 12.2. The van der Waals surface area contributed by atoms with Crippen LogP contribution in [0.5, 0.6) is 0 Å². The molecular weight excluding hydrogens is 283 g/mol. The molecule has 0 radical (unpaired) electrons. The number of nitrogen functional groups attached to an aromatic ring is 1. The van der Waals surface area contributed by atoms with Crippen molar-refractivity contribution in [1.29, 1.82) is 0 Å². The number of carbonyl (C=O) groups excluding carboxylic acids is 1. The standard InChI is InChI=1S/C14H18Cl2N2O/c1-14(2)4-3-9(7-14)18-13(19)8-5-10(15)12(17)11(16)6-8/h5-6,9H,3-4,7,17H2,1-2H3,(H,18,19). The van der Waals surface area contributed by atoms with E-state index in [9.17, 15) is 4.79 Å². The first-order valence-electron chi connectivity index (χ1n) is 6.34. The highest BCUT2D eigenvalue weighted by Gasteiger charge is 2.31. The molecule has 1 atom stereocenters. The van der Waals surface area contributed by atoms with Crippen LogP contribution in [-0.4, -0.2) is 11.9 Å². The highest BCUT2D eigenvalue weighted by molar-refractivity contribution is 6.39. The van der Waals surface area contributed by atoms with Gasteiger partial charge in [-0.1, -0.05) is 37.0 Å². The molecule has 0 aromatic heterocycles. The lowest BCUT2D eigenvalue weighted by atomic mass is 9.92. The molecule has 0 bridgehead atoms. The summed E-state index contributed by atoms with van der Waals surface area (Å²) in [6, 6.07) is 3.33. The van der Waals surface area contributed by atoms with Crippen molar-refractivity contribution in [1.82, 2.24) is 5.32 Å². The molecule has 1 aliphatic carbocycles. The zero-order valence-corrected chi connectivity index (χ0v) is 12.6. The molecule has 1 unspecified atom stereocenters. The Morgan fingerprint density at radius 1 is 1.37 bits per heavy atom. The highest BCUT2D eigenvalue weighted by Crippen LogP contribution is 2.37. The van der Waals surface area contributed by atoms with Gasteiger partial charge < -0.3 is 11.1 Å². The molecule has 3 nitrogen and oxygen atoms in total. The summed E-state index contributed by atoms with van der Waals surface area (Å²) in [6.07, 6.45) is 3.13. The van der Waals surface area contributed by atoms with Crippen LogP contribution in [-0.2, 0) is 0 Å². The second-order valence-corrected chi connectivity index (χ2v) is 6.75. The Bertz CT molecular complexity index is 491. The Hall–Kier alpha value is -0.930. The monoisotopic (exact) mass is 300 g/mol. The number of amides is 1. The predicted molar refractivity (Wildman–Crippen MR) is 79.8 cm³/mol. The zero-order valence-electron chi connectivity index (χ0n) is 11.1. The predicted octanol–water partition coefficient (Wildman–Crippen LogP) is 3.88. The third-order valence-electron chi connectivity index (χ3n) is 3.65. The van der Waals surface area contributed by atoms with Gasteiger partial charge in [-0.3, -0.25) is 4.79 Å². The smallest absolute Gasteiger partial charge is 0.251 e. The van der Waals surface area contributed by atoms with Crippen LogP contribution in [0.25, 0.3) is 0 Å². The van der Waals surface area contributed by atoms with Crippen molar-refractivity contribution < 1.29 is 4.79 Å². The first-order valence-corrected chi connectivity index (χ1v) is 7.09. The van der Waals surface area contributed by atoms with Gasteiger partial charge in [0, 0.05) is 11.6 Å². The van der Waals surface area contributed by atoms with Crippen molar-refractivity contribution in [2.24, 2.45) is 5.41 Å². The van der Waals surface area contributed by atoms with Gasteiger partial charge in [-0.05, 0) is 36.8 Å². The maximum atomic E-state index is 12.2. The Morgan fingerprint density at radius 2 is 1.95 bits per heavy atom. The van der Waals surface area contributed by atoms with Gasteiger partial charge in [0.1, 0.15) is 0 Å². The summed E-state index contributed by atoms with van der Waals surface area (Å²) in [5.41, 5.74) is 6.71. The zero-order chi connectivity index (χ0) is 14.2. The Balaban J connectivity index is 2.09. The number of nitrogens with two attached hydrogens (primary N) is 1. The summed E-state index contributed by atoms with van der Waals surface area (Å²) in [5.74, 6) is -0.147. The molecule has 0 aliphatic heterocycles. The lowest BCUT2D eigenvalue weighted by Gasteiger charge is -2.18. The Labute approximate surface area is 123 Å². The van der Waals surface area contributed by atoms with Gasteiger partial charge in [-0.15, -0.1) is 0 Å². The van der Waals surface area contributed by atoms with Crippen molar-refractivity contribution in [2.75, 3.05) is 5.73 Å². The summed E-state index contributed by atoms with van der Waals surface area (Å²) in [7, 11) is 0. The largest absolute Gasteiger partial charge is 0.396 e. The van der Waals surface area contributed by atoms with Crippen LogP contribution < -0.4 is 11.1 Å². The minimum Gasteiger partial charge on any atom is -0.396 e. The van der Waals surface area contributed by atoms with Crippen molar-refractivity contribution in [3.63, 3.8) is 0 Å². The Morgan fingerprint density at radius 3 is 2.42 bits per heavy atom. The van der Waals surface area contributed by atoms with E-state index in [-0.39, 0.29) is 11.9 Å². The molecular formula is C14H18Cl2N2O. The molecule has 2 rings (SSSR count). The van der Waals surface area contributed by atoms with E-state index in [4.69, 9.17) is 28.9 Å². The summed E-state index contributed by atoms with van der Waals surface area (Å²) >= 11 is 11.9. The number of carbonyl (C=O) groups is 1. The van der Waals surface area contributed by atoms with Crippen molar-refractivity contribution >= 4 is 34.8 Å². The molecule has 1 aliphatic rings. The van der Waals surface area contributed by atoms with Crippen LogP contribution in [0.2, 0.25) is 10.0 Å². The highest BCUT2D eigenvalue weighted by atomic mass is 35.5. The maximum absolute atomic E-state index is 12.2. The van der Waals surface area contributed by atoms with Gasteiger partial charge in [0.2, 0.25) is 0 Å². The van der Waals surface area contributed by atoms with Gasteiger partial charge in [0.15, 0.2) is 0 Å². The second-order valence-electron chi connectivity index (χ2n) is 5.93. The summed E-state index contributed by atoms with van der Waals surface area (Å²) < 4.78 is 0. The molecule has 0 heterocycles. The third kappa shape index (κ3) is 3.34. The van der Waals surface area contributed by atoms with E-state index in [0.29, 0.717) is 26.7 Å². The summed E-state index contributed by atoms with van der Waals surface area (Å²) in [5, 5.41) is 3.65. The van der Waals surface area contributed by atoms with Crippen molar-refractivity contribution in [3.05, 3.63) is 27.7 Å². The van der Waals surface area contributed by atoms with E-state index in [1.165, 1.54) is 0 Å².